The number of aliphatic carboxylic acids is 1. The summed E-state index contributed by atoms with van der Waals surface area (Å²) in [4.78, 5) is 9.25. The number of aliphatic hydroxyl groups excluding tert-OH is 1. The lowest BCUT2D eigenvalue weighted by Crippen LogP contribution is -2.26. The normalized spacial score (nSPS) is 24.9. The van der Waals surface area contributed by atoms with Crippen LogP contribution in [0.3, 0.4) is 0 Å². The molecular formula is C12H20O7. The first-order valence-electron chi connectivity index (χ1n) is 6.04. The summed E-state index contributed by atoms with van der Waals surface area (Å²) in [7, 11) is 0. The van der Waals surface area contributed by atoms with Crippen LogP contribution in [0.4, 0.5) is 0 Å². The Morgan fingerprint density at radius 3 is 2.32 bits per heavy atom. The number of carboxylic acid groups (broad SMARTS) is 1. The van der Waals surface area contributed by atoms with Crippen LogP contribution < -0.4 is 0 Å². The van der Waals surface area contributed by atoms with Gasteiger partial charge in [-0.2, -0.15) is 0 Å². The predicted molar refractivity (Wildman–Crippen MR) is 65.0 cm³/mol. The average molecular weight is 276 g/mol. The number of hydrogen-bond acceptors (Lipinski definition) is 6. The van der Waals surface area contributed by atoms with E-state index in [4.69, 9.17) is 29.2 Å². The van der Waals surface area contributed by atoms with E-state index in [9.17, 15) is 4.79 Å². The van der Waals surface area contributed by atoms with Crippen LogP contribution in [-0.2, 0) is 23.7 Å². The first-order valence-corrected chi connectivity index (χ1v) is 6.04. The van der Waals surface area contributed by atoms with Crippen molar-refractivity contribution in [2.75, 3.05) is 39.6 Å². The maximum absolute atomic E-state index is 9.25. The molecular weight excluding hydrogens is 256 g/mol. The van der Waals surface area contributed by atoms with Gasteiger partial charge in [-0.15, -0.1) is 0 Å². The Labute approximate surface area is 111 Å². The molecule has 2 rings (SSSR count). The minimum absolute atomic E-state index is 0.0156. The van der Waals surface area contributed by atoms with Gasteiger partial charge >= 0.3 is 5.97 Å². The predicted octanol–water partition coefficient (Wildman–Crippen LogP) is -0.565. The summed E-state index contributed by atoms with van der Waals surface area (Å²) in [6, 6.07) is 0. The van der Waals surface area contributed by atoms with E-state index in [0.29, 0.717) is 19.8 Å². The molecule has 3 atom stereocenters. The lowest BCUT2D eigenvalue weighted by molar-refractivity contribution is -0.131. The third-order valence-electron chi connectivity index (χ3n) is 2.31. The fourth-order valence-electron chi connectivity index (χ4n) is 1.06. The van der Waals surface area contributed by atoms with Gasteiger partial charge in [0, 0.05) is 6.08 Å². The Bertz CT molecular complexity index is 273. The van der Waals surface area contributed by atoms with Crippen molar-refractivity contribution in [1.29, 1.82) is 0 Å². The SMILES string of the molecule is C=CC(=O)O.OCC(COCC1CO1)OCC1CO1. The molecule has 3 unspecified atom stereocenters. The van der Waals surface area contributed by atoms with E-state index in [1.807, 2.05) is 0 Å². The number of aliphatic hydroxyl groups is 1. The lowest BCUT2D eigenvalue weighted by atomic mass is 10.4. The second-order valence-electron chi connectivity index (χ2n) is 4.13. The summed E-state index contributed by atoms with van der Waals surface area (Å²) in [6.07, 6.45) is 1.09. The summed E-state index contributed by atoms with van der Waals surface area (Å²) in [6.45, 7) is 6.08. The zero-order chi connectivity index (χ0) is 14.1. The van der Waals surface area contributed by atoms with E-state index in [-0.39, 0.29) is 24.9 Å². The Hall–Kier alpha value is -0.990. The van der Waals surface area contributed by atoms with E-state index in [1.54, 1.807) is 0 Å². The van der Waals surface area contributed by atoms with Crippen molar-refractivity contribution in [2.24, 2.45) is 0 Å². The highest BCUT2D eigenvalue weighted by Crippen LogP contribution is 2.11. The maximum atomic E-state index is 9.25. The third-order valence-corrected chi connectivity index (χ3v) is 2.31. The van der Waals surface area contributed by atoms with Crippen LogP contribution in [0.15, 0.2) is 12.7 Å². The van der Waals surface area contributed by atoms with Crippen molar-refractivity contribution in [1.82, 2.24) is 0 Å². The van der Waals surface area contributed by atoms with Crippen molar-refractivity contribution in [3.8, 4) is 0 Å². The van der Waals surface area contributed by atoms with Crippen molar-refractivity contribution in [3.05, 3.63) is 12.7 Å². The topological polar surface area (TPSA) is 101 Å². The molecule has 110 valence electrons. The molecule has 0 aromatic rings. The quantitative estimate of drug-likeness (QED) is 0.430. The lowest BCUT2D eigenvalue weighted by Gasteiger charge is -2.14. The van der Waals surface area contributed by atoms with Gasteiger partial charge in [0.25, 0.3) is 0 Å². The maximum Gasteiger partial charge on any atom is 0.327 e. The van der Waals surface area contributed by atoms with Crippen LogP contribution in [-0.4, -0.2) is 74.1 Å². The summed E-state index contributed by atoms with van der Waals surface area (Å²) >= 11 is 0. The van der Waals surface area contributed by atoms with Crippen LogP contribution in [0, 0.1) is 0 Å². The highest BCUT2D eigenvalue weighted by atomic mass is 16.6. The molecule has 0 aromatic heterocycles. The molecule has 0 radical (unpaired) electrons. The zero-order valence-electron chi connectivity index (χ0n) is 10.7. The van der Waals surface area contributed by atoms with Gasteiger partial charge in [0.1, 0.15) is 18.3 Å². The van der Waals surface area contributed by atoms with Gasteiger partial charge < -0.3 is 29.2 Å². The molecule has 0 aliphatic carbocycles. The molecule has 2 aliphatic rings. The van der Waals surface area contributed by atoms with Gasteiger partial charge in [0.05, 0.1) is 39.6 Å². The molecule has 2 aliphatic heterocycles. The highest BCUT2D eigenvalue weighted by molar-refractivity contribution is 5.78. The number of hydrogen-bond donors (Lipinski definition) is 2. The molecule has 7 heteroatoms. The van der Waals surface area contributed by atoms with Crippen molar-refractivity contribution < 1.29 is 34.0 Å². The first-order chi connectivity index (χ1) is 9.15. The molecule has 19 heavy (non-hydrogen) atoms. The summed E-state index contributed by atoms with van der Waals surface area (Å²) in [5, 5.41) is 16.6. The average Bonchev–Trinajstić information content (AvgIpc) is 3.28. The summed E-state index contributed by atoms with van der Waals surface area (Å²) in [5.41, 5.74) is 0. The Balaban J connectivity index is 0.000000312. The second-order valence-corrected chi connectivity index (χ2v) is 4.13. The van der Waals surface area contributed by atoms with Crippen molar-refractivity contribution in [2.45, 2.75) is 18.3 Å². The van der Waals surface area contributed by atoms with Crippen LogP contribution in [0.25, 0.3) is 0 Å². The molecule has 0 bridgehead atoms. The third kappa shape index (κ3) is 9.57. The summed E-state index contributed by atoms with van der Waals surface area (Å²) in [5.74, 6) is -0.981. The number of carboxylic acids is 1. The fraction of sp³-hybridized carbons (Fsp3) is 0.750. The van der Waals surface area contributed by atoms with Crippen molar-refractivity contribution in [3.63, 3.8) is 0 Å². The molecule has 2 heterocycles. The zero-order valence-corrected chi connectivity index (χ0v) is 10.7. The molecule has 2 fully saturated rings. The Kier molecular flexibility index (Phi) is 7.61. The molecule has 0 aromatic carbocycles. The monoisotopic (exact) mass is 276 g/mol. The first kappa shape index (κ1) is 16.1. The smallest absolute Gasteiger partial charge is 0.327 e. The van der Waals surface area contributed by atoms with E-state index in [2.05, 4.69) is 6.58 Å². The number of carbonyl (C=O) groups is 1. The number of epoxide rings is 2. The van der Waals surface area contributed by atoms with E-state index < -0.39 is 5.97 Å². The van der Waals surface area contributed by atoms with Crippen LogP contribution in [0.5, 0.6) is 0 Å². The molecule has 0 amide bonds. The summed E-state index contributed by atoms with van der Waals surface area (Å²) < 4.78 is 20.7. The highest BCUT2D eigenvalue weighted by Gasteiger charge is 2.25. The number of ether oxygens (including phenoxy) is 4. The van der Waals surface area contributed by atoms with E-state index in [0.717, 1.165) is 19.3 Å². The second kappa shape index (κ2) is 9.00. The van der Waals surface area contributed by atoms with Gasteiger partial charge in [-0.25, -0.2) is 4.79 Å². The standard InChI is InChI=1S/C9H16O5.C3H4O2/c10-1-7(12-5-9-6-14-9)2-11-3-8-4-13-8;1-2-3(4)5/h7-10H,1-6H2;2H,1H2,(H,4,5). The molecule has 2 N–H and O–H groups in total. The van der Waals surface area contributed by atoms with Crippen LogP contribution >= 0.6 is 0 Å². The van der Waals surface area contributed by atoms with E-state index >= 15 is 0 Å². The molecule has 0 saturated carbocycles. The minimum atomic E-state index is -0.981. The minimum Gasteiger partial charge on any atom is -0.478 e. The largest absolute Gasteiger partial charge is 0.478 e. The van der Waals surface area contributed by atoms with Gasteiger partial charge in [-0.3, -0.25) is 0 Å². The van der Waals surface area contributed by atoms with Gasteiger partial charge in [-0.05, 0) is 0 Å². The fourth-order valence-corrected chi connectivity index (χ4v) is 1.06. The van der Waals surface area contributed by atoms with Gasteiger partial charge in [0.15, 0.2) is 0 Å². The van der Waals surface area contributed by atoms with Gasteiger partial charge in [0.2, 0.25) is 0 Å². The molecule has 0 spiro atoms. The number of rotatable bonds is 9. The Morgan fingerprint density at radius 1 is 1.37 bits per heavy atom. The van der Waals surface area contributed by atoms with Gasteiger partial charge in [-0.1, -0.05) is 6.58 Å². The molecule has 2 saturated heterocycles. The van der Waals surface area contributed by atoms with Crippen LogP contribution in [0.2, 0.25) is 0 Å². The van der Waals surface area contributed by atoms with E-state index in [1.165, 1.54) is 0 Å². The molecule has 7 nitrogen and oxygen atoms in total. The van der Waals surface area contributed by atoms with Crippen LogP contribution in [0.1, 0.15) is 0 Å². The van der Waals surface area contributed by atoms with Crippen molar-refractivity contribution >= 4 is 5.97 Å². The Morgan fingerprint density at radius 2 is 1.89 bits per heavy atom.